The molecule has 0 saturated heterocycles. The maximum Gasteiger partial charge on any atom is 0.419 e. The minimum absolute atomic E-state index is 0.0538. The van der Waals surface area contributed by atoms with Gasteiger partial charge in [-0.05, 0) is 29.0 Å². The molecule has 10 heteroatoms. The molecule has 6 nitrogen and oxygen atoms in total. The summed E-state index contributed by atoms with van der Waals surface area (Å²) in [6.45, 7) is -0.271. The van der Waals surface area contributed by atoms with Crippen molar-refractivity contribution in [2.24, 2.45) is 0 Å². The van der Waals surface area contributed by atoms with Crippen molar-refractivity contribution in [2.75, 3.05) is 11.9 Å². The molecule has 0 unspecified atom stereocenters. The van der Waals surface area contributed by atoms with Crippen LogP contribution in [0.4, 0.5) is 23.5 Å². The molecular formula is C28H23F4N5O. The molecule has 0 radical (unpaired) electrons. The van der Waals surface area contributed by atoms with Gasteiger partial charge in [-0.2, -0.15) is 13.2 Å². The quantitative estimate of drug-likeness (QED) is 0.219. The van der Waals surface area contributed by atoms with E-state index in [0.717, 1.165) is 33.8 Å². The van der Waals surface area contributed by atoms with E-state index >= 15 is 0 Å². The van der Waals surface area contributed by atoms with Crippen LogP contribution in [0.3, 0.4) is 0 Å². The Hall–Kier alpha value is -4.31. The van der Waals surface area contributed by atoms with Crippen molar-refractivity contribution >= 4 is 16.7 Å². The number of alkyl halides is 3. The standard InChI is InChI=1S/C28H23F4N5O/c29-26-21(6-3-7-24(26)28(30,31)32)15-38-16-23(13-22-14-33-17-35-22)36-27-34-11-10-25(37-27)20-9-8-18-4-1-2-5-19(18)12-20/h1-12,14,17,23H,13,15-16H2,(H,33,35)(H,34,36,37)/t23-/m0/s1. The molecule has 0 saturated carbocycles. The Morgan fingerprint density at radius 2 is 1.82 bits per heavy atom. The van der Waals surface area contributed by atoms with Crippen LogP contribution in [0.5, 0.6) is 0 Å². The largest absolute Gasteiger partial charge is 0.419 e. The molecule has 0 fully saturated rings. The average molecular weight is 522 g/mol. The smallest absolute Gasteiger partial charge is 0.375 e. The maximum absolute atomic E-state index is 14.4. The number of nitrogens with zero attached hydrogens (tertiary/aromatic N) is 3. The van der Waals surface area contributed by atoms with Crippen molar-refractivity contribution in [3.05, 3.63) is 108 Å². The van der Waals surface area contributed by atoms with Crippen molar-refractivity contribution in [3.63, 3.8) is 0 Å². The Bertz CT molecular complexity index is 1520. The molecule has 194 valence electrons. The Morgan fingerprint density at radius 1 is 0.974 bits per heavy atom. The van der Waals surface area contributed by atoms with Crippen LogP contribution in [0.2, 0.25) is 0 Å². The summed E-state index contributed by atoms with van der Waals surface area (Å²) in [5.41, 5.74) is 0.970. The highest BCUT2D eigenvalue weighted by Crippen LogP contribution is 2.32. The zero-order chi connectivity index (χ0) is 26.5. The van der Waals surface area contributed by atoms with E-state index in [-0.39, 0.29) is 24.8 Å². The molecular weight excluding hydrogens is 498 g/mol. The summed E-state index contributed by atoms with van der Waals surface area (Å²) in [7, 11) is 0. The molecule has 2 N–H and O–H groups in total. The van der Waals surface area contributed by atoms with Crippen LogP contribution in [0.15, 0.2) is 85.5 Å². The fourth-order valence-electron chi connectivity index (χ4n) is 4.15. The van der Waals surface area contributed by atoms with Gasteiger partial charge in [0.25, 0.3) is 0 Å². The van der Waals surface area contributed by atoms with Crippen molar-refractivity contribution < 1.29 is 22.3 Å². The molecule has 0 aliphatic carbocycles. The molecule has 2 heterocycles. The van der Waals surface area contributed by atoms with Gasteiger partial charge in [-0.3, -0.25) is 0 Å². The van der Waals surface area contributed by atoms with Crippen molar-refractivity contribution in [1.82, 2.24) is 19.9 Å². The molecule has 3 aromatic carbocycles. The molecule has 38 heavy (non-hydrogen) atoms. The van der Waals surface area contributed by atoms with Crippen molar-refractivity contribution in [1.29, 1.82) is 0 Å². The highest BCUT2D eigenvalue weighted by molar-refractivity contribution is 5.86. The van der Waals surface area contributed by atoms with Gasteiger partial charge < -0.3 is 15.0 Å². The fourth-order valence-corrected chi connectivity index (χ4v) is 4.15. The third-order valence-electron chi connectivity index (χ3n) is 6.02. The lowest BCUT2D eigenvalue weighted by Crippen LogP contribution is -2.29. The van der Waals surface area contributed by atoms with E-state index in [4.69, 9.17) is 4.74 Å². The Morgan fingerprint density at radius 3 is 2.61 bits per heavy atom. The number of rotatable bonds is 9. The molecule has 5 rings (SSSR count). The second-order valence-electron chi connectivity index (χ2n) is 8.74. The minimum atomic E-state index is -4.78. The number of benzene rings is 3. The molecule has 0 aliphatic rings. The first kappa shape index (κ1) is 25.3. The van der Waals surface area contributed by atoms with E-state index in [9.17, 15) is 17.6 Å². The van der Waals surface area contributed by atoms with Gasteiger partial charge in [-0.25, -0.2) is 19.3 Å². The number of halogens is 4. The predicted molar refractivity (Wildman–Crippen MR) is 136 cm³/mol. The van der Waals surface area contributed by atoms with E-state index in [2.05, 4.69) is 31.3 Å². The second kappa shape index (κ2) is 11.0. The summed E-state index contributed by atoms with van der Waals surface area (Å²) in [5, 5.41) is 5.44. The summed E-state index contributed by atoms with van der Waals surface area (Å²) in [6, 6.07) is 18.7. The number of fused-ring (bicyclic) bond motifs is 1. The second-order valence-corrected chi connectivity index (χ2v) is 8.74. The fraction of sp³-hybridized carbons (Fsp3) is 0.179. The van der Waals surface area contributed by atoms with Crippen LogP contribution in [-0.4, -0.2) is 32.6 Å². The lowest BCUT2D eigenvalue weighted by Gasteiger charge is -2.19. The van der Waals surface area contributed by atoms with E-state index < -0.39 is 17.6 Å². The number of imidazole rings is 1. The molecule has 5 aromatic rings. The van der Waals surface area contributed by atoms with Crippen LogP contribution in [-0.2, 0) is 23.9 Å². The third kappa shape index (κ3) is 5.97. The zero-order valence-corrected chi connectivity index (χ0v) is 20.0. The summed E-state index contributed by atoms with van der Waals surface area (Å²) < 4.78 is 59.2. The summed E-state index contributed by atoms with van der Waals surface area (Å²) in [6.07, 6.45) is 0.508. The molecule has 0 aliphatic heterocycles. The SMILES string of the molecule is Fc1c(COC[C@H](Cc2cnc[nH]2)Nc2nccc(-c3ccc4ccccc4c3)n2)cccc1C(F)(F)F. The van der Waals surface area contributed by atoms with Gasteiger partial charge in [0.15, 0.2) is 0 Å². The van der Waals surface area contributed by atoms with Crippen LogP contribution in [0, 0.1) is 5.82 Å². The van der Waals surface area contributed by atoms with Gasteiger partial charge in [0.2, 0.25) is 5.95 Å². The van der Waals surface area contributed by atoms with Gasteiger partial charge in [0, 0.05) is 35.6 Å². The number of aromatic amines is 1. The molecule has 1 atom stereocenters. The van der Waals surface area contributed by atoms with E-state index in [1.54, 1.807) is 18.7 Å². The van der Waals surface area contributed by atoms with Gasteiger partial charge in [-0.15, -0.1) is 0 Å². The first-order valence-corrected chi connectivity index (χ1v) is 11.8. The predicted octanol–water partition coefficient (Wildman–Crippen LogP) is 6.42. The minimum Gasteiger partial charge on any atom is -0.375 e. The van der Waals surface area contributed by atoms with Crippen LogP contribution in [0.25, 0.3) is 22.0 Å². The lowest BCUT2D eigenvalue weighted by atomic mass is 10.1. The maximum atomic E-state index is 14.4. The van der Waals surface area contributed by atoms with Crippen LogP contribution >= 0.6 is 0 Å². The highest BCUT2D eigenvalue weighted by atomic mass is 19.4. The zero-order valence-electron chi connectivity index (χ0n) is 20.0. The average Bonchev–Trinajstić information content (AvgIpc) is 3.42. The summed E-state index contributed by atoms with van der Waals surface area (Å²) in [4.78, 5) is 16.0. The highest BCUT2D eigenvalue weighted by Gasteiger charge is 2.34. The number of nitrogens with one attached hydrogen (secondary N) is 2. The number of hydrogen-bond acceptors (Lipinski definition) is 5. The normalized spacial score (nSPS) is 12.5. The molecule has 0 amide bonds. The van der Waals surface area contributed by atoms with E-state index in [1.807, 2.05) is 42.5 Å². The van der Waals surface area contributed by atoms with Crippen LogP contribution < -0.4 is 5.32 Å². The number of H-pyrrole nitrogens is 1. The van der Waals surface area contributed by atoms with Gasteiger partial charge in [0.1, 0.15) is 5.82 Å². The number of ether oxygens (including phenoxy) is 1. The van der Waals surface area contributed by atoms with Crippen molar-refractivity contribution in [3.8, 4) is 11.3 Å². The van der Waals surface area contributed by atoms with Gasteiger partial charge in [-0.1, -0.05) is 48.5 Å². The molecule has 0 bridgehead atoms. The first-order valence-electron chi connectivity index (χ1n) is 11.8. The Kier molecular flexibility index (Phi) is 7.32. The van der Waals surface area contributed by atoms with E-state index in [1.165, 1.54) is 6.07 Å². The van der Waals surface area contributed by atoms with Crippen LogP contribution in [0.1, 0.15) is 16.8 Å². The van der Waals surface area contributed by atoms with E-state index in [0.29, 0.717) is 18.4 Å². The monoisotopic (exact) mass is 521 g/mol. The molecule has 2 aromatic heterocycles. The van der Waals surface area contributed by atoms with Gasteiger partial charge in [0.05, 0.1) is 36.8 Å². The lowest BCUT2D eigenvalue weighted by molar-refractivity contribution is -0.140. The number of hydrogen-bond donors (Lipinski definition) is 2. The third-order valence-corrected chi connectivity index (χ3v) is 6.02. The Balaban J connectivity index is 1.31. The van der Waals surface area contributed by atoms with Gasteiger partial charge >= 0.3 is 6.18 Å². The summed E-state index contributed by atoms with van der Waals surface area (Å²) in [5.74, 6) is -0.974. The van der Waals surface area contributed by atoms with Crippen molar-refractivity contribution in [2.45, 2.75) is 25.2 Å². The number of anilines is 1. The topological polar surface area (TPSA) is 75.7 Å². The first-order chi connectivity index (χ1) is 18.4. The Labute approximate surface area is 215 Å². The summed E-state index contributed by atoms with van der Waals surface area (Å²) >= 11 is 0. The number of aromatic nitrogens is 4. The molecule has 0 spiro atoms.